The normalized spacial score (nSPS) is 10.8. The third-order valence-corrected chi connectivity index (χ3v) is 3.25. The van der Waals surface area contributed by atoms with Crippen molar-refractivity contribution in [3.63, 3.8) is 0 Å². The first-order valence-electron chi connectivity index (χ1n) is 6.93. The molecule has 0 saturated heterocycles. The number of hydrogen-bond acceptors (Lipinski definition) is 3. The Kier molecular flexibility index (Phi) is 5.07. The van der Waals surface area contributed by atoms with Crippen molar-refractivity contribution < 1.29 is 19.1 Å². The first-order chi connectivity index (χ1) is 11.4. The van der Waals surface area contributed by atoms with Gasteiger partial charge in [-0.15, -0.1) is 0 Å². The molecule has 0 saturated carbocycles. The van der Waals surface area contributed by atoms with Gasteiger partial charge in [-0.1, -0.05) is 6.07 Å². The number of nitriles is 1. The van der Waals surface area contributed by atoms with Gasteiger partial charge in [0.15, 0.2) is 0 Å². The predicted octanol–water partition coefficient (Wildman–Crippen LogP) is 3.38. The van der Waals surface area contributed by atoms with Crippen LogP contribution in [-0.2, 0) is 4.79 Å². The molecule has 120 valence electrons. The minimum Gasteiger partial charge on any atom is -0.478 e. The summed E-state index contributed by atoms with van der Waals surface area (Å²) in [6.45, 7) is 1.59. The van der Waals surface area contributed by atoms with E-state index in [9.17, 15) is 14.0 Å². The van der Waals surface area contributed by atoms with Crippen LogP contribution in [0.15, 0.2) is 48.0 Å². The molecule has 24 heavy (non-hydrogen) atoms. The van der Waals surface area contributed by atoms with E-state index in [0.29, 0.717) is 16.8 Å². The number of carbonyl (C=O) groups excluding carboxylic acids is 1. The van der Waals surface area contributed by atoms with Crippen LogP contribution in [-0.4, -0.2) is 17.0 Å². The molecule has 0 atom stereocenters. The number of carbonyl (C=O) groups is 2. The maximum atomic E-state index is 13.2. The quantitative estimate of drug-likeness (QED) is 0.666. The van der Waals surface area contributed by atoms with Gasteiger partial charge in [-0.05, 0) is 60.5 Å². The van der Waals surface area contributed by atoms with Crippen LogP contribution in [0.2, 0.25) is 0 Å². The van der Waals surface area contributed by atoms with E-state index in [4.69, 9.17) is 10.4 Å². The Balaban J connectivity index is 2.19. The number of benzene rings is 2. The van der Waals surface area contributed by atoms with Crippen molar-refractivity contribution in [2.24, 2.45) is 0 Å². The van der Waals surface area contributed by atoms with E-state index in [2.05, 4.69) is 5.32 Å². The van der Waals surface area contributed by atoms with Gasteiger partial charge in [0.25, 0.3) is 5.91 Å². The number of carboxylic acid groups (broad SMARTS) is 1. The molecule has 0 aromatic heterocycles. The molecule has 0 spiro atoms. The second-order valence-corrected chi connectivity index (χ2v) is 5.02. The SMILES string of the molecule is Cc1cc(C=C(C#N)C(=O)Nc2ccc(C(=O)O)cc2)ccc1F. The van der Waals surface area contributed by atoms with E-state index in [1.807, 2.05) is 0 Å². The van der Waals surface area contributed by atoms with Gasteiger partial charge in [0, 0.05) is 5.69 Å². The van der Waals surface area contributed by atoms with Crippen molar-refractivity contribution in [3.05, 3.63) is 70.5 Å². The van der Waals surface area contributed by atoms with Crippen molar-refractivity contribution in [3.8, 4) is 6.07 Å². The van der Waals surface area contributed by atoms with Gasteiger partial charge in [-0.25, -0.2) is 9.18 Å². The second kappa shape index (κ2) is 7.20. The van der Waals surface area contributed by atoms with Crippen LogP contribution < -0.4 is 5.32 Å². The van der Waals surface area contributed by atoms with E-state index in [0.717, 1.165) is 0 Å². The highest BCUT2D eigenvalue weighted by molar-refractivity contribution is 6.09. The highest BCUT2D eigenvalue weighted by Gasteiger charge is 2.10. The molecule has 2 aromatic rings. The summed E-state index contributed by atoms with van der Waals surface area (Å²) < 4.78 is 13.2. The Hall–Kier alpha value is -3.46. The summed E-state index contributed by atoms with van der Waals surface area (Å²) in [4.78, 5) is 22.9. The number of halogens is 1. The first kappa shape index (κ1) is 16.9. The smallest absolute Gasteiger partial charge is 0.335 e. The maximum Gasteiger partial charge on any atom is 0.335 e. The fraction of sp³-hybridized carbons (Fsp3) is 0.0556. The van der Waals surface area contributed by atoms with Gasteiger partial charge in [0.05, 0.1) is 5.56 Å². The lowest BCUT2D eigenvalue weighted by molar-refractivity contribution is -0.112. The highest BCUT2D eigenvalue weighted by Crippen LogP contribution is 2.15. The molecule has 5 nitrogen and oxygen atoms in total. The topological polar surface area (TPSA) is 90.2 Å². The molecule has 0 aliphatic carbocycles. The van der Waals surface area contributed by atoms with Crippen LogP contribution in [0.25, 0.3) is 6.08 Å². The lowest BCUT2D eigenvalue weighted by atomic mass is 10.1. The zero-order valence-corrected chi connectivity index (χ0v) is 12.7. The Morgan fingerprint density at radius 3 is 2.42 bits per heavy atom. The monoisotopic (exact) mass is 324 g/mol. The van der Waals surface area contributed by atoms with Gasteiger partial charge in [0.2, 0.25) is 0 Å². The first-order valence-corrected chi connectivity index (χ1v) is 6.93. The molecular weight excluding hydrogens is 311 g/mol. The van der Waals surface area contributed by atoms with Crippen molar-refractivity contribution in [2.75, 3.05) is 5.32 Å². The van der Waals surface area contributed by atoms with E-state index < -0.39 is 11.9 Å². The molecule has 6 heteroatoms. The zero-order valence-electron chi connectivity index (χ0n) is 12.7. The summed E-state index contributed by atoms with van der Waals surface area (Å²) in [5, 5.41) is 20.5. The van der Waals surface area contributed by atoms with Crippen LogP contribution in [0.1, 0.15) is 21.5 Å². The fourth-order valence-electron chi connectivity index (χ4n) is 1.97. The number of hydrogen-bond donors (Lipinski definition) is 2. The summed E-state index contributed by atoms with van der Waals surface area (Å²) in [7, 11) is 0. The molecule has 2 rings (SSSR count). The maximum absolute atomic E-state index is 13.2. The number of carboxylic acids is 1. The summed E-state index contributed by atoms with van der Waals surface area (Å²) in [6, 6.07) is 11.6. The van der Waals surface area contributed by atoms with Crippen LogP contribution in [0.4, 0.5) is 10.1 Å². The molecule has 0 radical (unpaired) electrons. The average molecular weight is 324 g/mol. The highest BCUT2D eigenvalue weighted by atomic mass is 19.1. The van der Waals surface area contributed by atoms with Crippen molar-refractivity contribution >= 4 is 23.6 Å². The Morgan fingerprint density at radius 2 is 1.88 bits per heavy atom. The van der Waals surface area contributed by atoms with E-state index in [-0.39, 0.29) is 17.0 Å². The number of nitrogens with one attached hydrogen (secondary N) is 1. The molecule has 1 amide bonds. The number of nitrogens with zero attached hydrogens (tertiary/aromatic N) is 1. The van der Waals surface area contributed by atoms with Crippen LogP contribution >= 0.6 is 0 Å². The Bertz CT molecular complexity index is 865. The van der Waals surface area contributed by atoms with Crippen molar-refractivity contribution in [1.29, 1.82) is 5.26 Å². The summed E-state index contributed by atoms with van der Waals surface area (Å²) >= 11 is 0. The van der Waals surface area contributed by atoms with Gasteiger partial charge in [0.1, 0.15) is 17.5 Å². The minimum atomic E-state index is -1.07. The molecule has 0 aliphatic rings. The number of amides is 1. The third kappa shape index (κ3) is 4.05. The van der Waals surface area contributed by atoms with Crippen molar-refractivity contribution in [2.45, 2.75) is 6.92 Å². The van der Waals surface area contributed by atoms with E-state index >= 15 is 0 Å². The van der Waals surface area contributed by atoms with Crippen molar-refractivity contribution in [1.82, 2.24) is 0 Å². The minimum absolute atomic E-state index is 0.0887. The van der Waals surface area contributed by atoms with E-state index in [1.165, 1.54) is 48.5 Å². The van der Waals surface area contributed by atoms with Crippen LogP contribution in [0, 0.1) is 24.1 Å². The largest absolute Gasteiger partial charge is 0.478 e. The lowest BCUT2D eigenvalue weighted by Gasteiger charge is -2.05. The van der Waals surface area contributed by atoms with E-state index in [1.54, 1.807) is 13.0 Å². The third-order valence-electron chi connectivity index (χ3n) is 3.25. The average Bonchev–Trinajstić information content (AvgIpc) is 2.56. The molecule has 2 N–H and O–H groups in total. The summed E-state index contributed by atoms with van der Waals surface area (Å²) in [5.74, 6) is -2.08. The predicted molar refractivity (Wildman–Crippen MR) is 86.8 cm³/mol. The number of rotatable bonds is 4. The number of aryl methyl sites for hydroxylation is 1. The number of aromatic carboxylic acids is 1. The molecule has 0 aliphatic heterocycles. The molecule has 0 bridgehead atoms. The molecular formula is C18H13FN2O3. The van der Waals surface area contributed by atoms with Gasteiger partial charge in [-0.2, -0.15) is 5.26 Å². The lowest BCUT2D eigenvalue weighted by Crippen LogP contribution is -2.13. The van der Waals surface area contributed by atoms with Gasteiger partial charge >= 0.3 is 5.97 Å². The zero-order chi connectivity index (χ0) is 17.7. The molecule has 0 fully saturated rings. The number of anilines is 1. The van der Waals surface area contributed by atoms with Crippen LogP contribution in [0.5, 0.6) is 0 Å². The summed E-state index contributed by atoms with van der Waals surface area (Å²) in [6.07, 6.45) is 1.35. The molecule has 2 aromatic carbocycles. The van der Waals surface area contributed by atoms with Gasteiger partial charge in [-0.3, -0.25) is 4.79 Å². The van der Waals surface area contributed by atoms with Crippen LogP contribution in [0.3, 0.4) is 0 Å². The Labute approximate surface area is 137 Å². The van der Waals surface area contributed by atoms with Gasteiger partial charge < -0.3 is 10.4 Å². The fourth-order valence-corrected chi connectivity index (χ4v) is 1.97. The summed E-state index contributed by atoms with van der Waals surface area (Å²) in [5.41, 5.74) is 1.24. The molecule has 0 unspecified atom stereocenters. The second-order valence-electron chi connectivity index (χ2n) is 5.02. The standard InChI is InChI=1S/C18H13FN2O3/c1-11-8-12(2-7-16(11)19)9-14(10-20)17(22)21-15-5-3-13(4-6-15)18(23)24/h2-9H,1H3,(H,21,22)(H,23,24). The molecule has 0 heterocycles. The Morgan fingerprint density at radius 1 is 1.21 bits per heavy atom.